The molecule has 1 heterocycles. The number of benzene rings is 2. The number of ketones is 1. The molecule has 0 fully saturated rings. The van der Waals surface area contributed by atoms with Gasteiger partial charge in [0, 0.05) is 11.1 Å². The molecule has 0 radical (unpaired) electrons. The Labute approximate surface area is 171 Å². The normalized spacial score (nSPS) is 10.5. The Balaban J connectivity index is 1.52. The first kappa shape index (κ1) is 20.0. The summed E-state index contributed by atoms with van der Waals surface area (Å²) in [6.45, 7) is 2.68. The van der Waals surface area contributed by atoms with E-state index in [1.165, 1.54) is 23.1 Å². The predicted octanol–water partition coefficient (Wildman–Crippen LogP) is 4.55. The molecule has 0 saturated heterocycles. The summed E-state index contributed by atoms with van der Waals surface area (Å²) in [5.74, 6) is 0.759. The molecule has 1 N–H and O–H groups in total. The number of hydrogen-bond donors (Lipinski definition) is 1. The average Bonchev–Trinajstić information content (AvgIpc) is 3.18. The molecule has 0 aliphatic rings. The van der Waals surface area contributed by atoms with Crippen LogP contribution in [0.3, 0.4) is 0 Å². The summed E-state index contributed by atoms with van der Waals surface area (Å²) in [6, 6.07) is 16.0. The Kier molecular flexibility index (Phi) is 7.16. The monoisotopic (exact) mass is 413 g/mol. The van der Waals surface area contributed by atoms with Crippen LogP contribution in [0.15, 0.2) is 58.9 Å². The maximum atomic E-state index is 12.3. The smallest absolute Gasteiger partial charge is 0.257 e. The number of thioether (sulfide) groups is 1. The zero-order valence-corrected chi connectivity index (χ0v) is 16.9. The topological polar surface area (TPSA) is 81.2 Å². The van der Waals surface area contributed by atoms with Gasteiger partial charge in [-0.1, -0.05) is 60.4 Å². The average molecular weight is 414 g/mol. The molecule has 2 aromatic carbocycles. The molecule has 0 aliphatic carbocycles. The molecule has 8 heteroatoms. The van der Waals surface area contributed by atoms with Crippen LogP contribution in [0, 0.1) is 0 Å². The van der Waals surface area contributed by atoms with Crippen LogP contribution in [0.5, 0.6) is 5.75 Å². The summed E-state index contributed by atoms with van der Waals surface area (Å²) < 4.78 is 6.14. The summed E-state index contributed by atoms with van der Waals surface area (Å²) >= 11 is 2.54. The number of rotatable bonds is 9. The highest BCUT2D eigenvalue weighted by Gasteiger charge is 2.12. The lowest BCUT2D eigenvalue weighted by atomic mass is 10.2. The van der Waals surface area contributed by atoms with Crippen LogP contribution in [0.1, 0.15) is 34.1 Å². The Morgan fingerprint density at radius 3 is 2.50 bits per heavy atom. The van der Waals surface area contributed by atoms with Gasteiger partial charge in [0.25, 0.3) is 5.91 Å². The number of aromatic nitrogens is 2. The van der Waals surface area contributed by atoms with Crippen molar-refractivity contribution in [1.82, 2.24) is 10.2 Å². The molecule has 28 heavy (non-hydrogen) atoms. The van der Waals surface area contributed by atoms with E-state index in [9.17, 15) is 9.59 Å². The van der Waals surface area contributed by atoms with Crippen LogP contribution >= 0.6 is 23.1 Å². The number of hydrogen-bond acceptors (Lipinski definition) is 7. The highest BCUT2D eigenvalue weighted by Crippen LogP contribution is 2.26. The molecule has 1 aromatic heterocycles. The number of anilines is 1. The van der Waals surface area contributed by atoms with E-state index in [4.69, 9.17) is 4.74 Å². The van der Waals surface area contributed by atoms with Crippen LogP contribution in [0.25, 0.3) is 0 Å². The van der Waals surface area contributed by atoms with Crippen LogP contribution < -0.4 is 10.1 Å². The number of carbonyl (C=O) groups excluding carboxylic acids is 2. The van der Waals surface area contributed by atoms with E-state index in [2.05, 4.69) is 15.5 Å². The molecular weight excluding hydrogens is 394 g/mol. The van der Waals surface area contributed by atoms with Gasteiger partial charge in [-0.15, -0.1) is 10.2 Å². The van der Waals surface area contributed by atoms with Gasteiger partial charge in [-0.3, -0.25) is 14.9 Å². The van der Waals surface area contributed by atoms with Crippen molar-refractivity contribution in [3.63, 3.8) is 0 Å². The number of amides is 1. The van der Waals surface area contributed by atoms with Crippen molar-refractivity contribution in [2.24, 2.45) is 0 Å². The fourth-order valence-electron chi connectivity index (χ4n) is 2.25. The maximum Gasteiger partial charge on any atom is 0.257 e. The van der Waals surface area contributed by atoms with Crippen LogP contribution in [0.2, 0.25) is 0 Å². The molecule has 144 valence electrons. The third-order valence-corrected chi connectivity index (χ3v) is 5.61. The lowest BCUT2D eigenvalue weighted by Gasteiger charge is -2.05. The molecule has 0 spiro atoms. The minimum absolute atomic E-state index is 0.0248. The van der Waals surface area contributed by atoms with Crippen molar-refractivity contribution in [1.29, 1.82) is 0 Å². The van der Waals surface area contributed by atoms with E-state index in [-0.39, 0.29) is 17.4 Å². The van der Waals surface area contributed by atoms with Gasteiger partial charge in [0.1, 0.15) is 5.75 Å². The SMILES string of the molecule is CCCOc1ccc(C(=O)Nc2nnc(SCC(=O)c3ccccc3)s2)cc1. The predicted molar refractivity (Wildman–Crippen MR) is 112 cm³/mol. The van der Waals surface area contributed by atoms with Gasteiger partial charge in [0.05, 0.1) is 12.4 Å². The summed E-state index contributed by atoms with van der Waals surface area (Å²) in [4.78, 5) is 24.5. The lowest BCUT2D eigenvalue weighted by molar-refractivity contribution is 0.101. The summed E-state index contributed by atoms with van der Waals surface area (Å²) in [6.07, 6.45) is 0.927. The highest BCUT2D eigenvalue weighted by atomic mass is 32.2. The highest BCUT2D eigenvalue weighted by molar-refractivity contribution is 8.01. The molecule has 0 saturated carbocycles. The van der Waals surface area contributed by atoms with Gasteiger partial charge in [-0.05, 0) is 30.7 Å². The lowest BCUT2D eigenvalue weighted by Crippen LogP contribution is -2.11. The first-order chi connectivity index (χ1) is 13.7. The second kappa shape index (κ2) is 10.0. The Hall–Kier alpha value is -2.71. The van der Waals surface area contributed by atoms with Crippen molar-refractivity contribution in [2.75, 3.05) is 17.7 Å². The van der Waals surface area contributed by atoms with Crippen molar-refractivity contribution >= 4 is 39.9 Å². The molecule has 0 aliphatic heterocycles. The van der Waals surface area contributed by atoms with Crippen molar-refractivity contribution in [3.05, 3.63) is 65.7 Å². The molecule has 6 nitrogen and oxygen atoms in total. The minimum atomic E-state index is -0.268. The number of carbonyl (C=O) groups is 2. The van der Waals surface area contributed by atoms with Crippen LogP contribution in [-0.2, 0) is 0 Å². The van der Waals surface area contributed by atoms with Crippen LogP contribution in [-0.4, -0.2) is 34.2 Å². The minimum Gasteiger partial charge on any atom is -0.494 e. The fraction of sp³-hybridized carbons (Fsp3) is 0.200. The summed E-state index contributed by atoms with van der Waals surface area (Å²) in [7, 11) is 0. The molecular formula is C20H19N3O3S2. The number of ether oxygens (including phenoxy) is 1. The molecule has 0 atom stereocenters. The van der Waals surface area contributed by atoms with E-state index in [1.54, 1.807) is 36.4 Å². The maximum absolute atomic E-state index is 12.3. The second-order valence-electron chi connectivity index (χ2n) is 5.78. The quantitative estimate of drug-likeness (QED) is 0.315. The van der Waals surface area contributed by atoms with Crippen molar-refractivity contribution in [3.8, 4) is 5.75 Å². The zero-order valence-electron chi connectivity index (χ0n) is 15.3. The van der Waals surface area contributed by atoms with Crippen molar-refractivity contribution in [2.45, 2.75) is 17.7 Å². The Bertz CT molecular complexity index is 927. The van der Waals surface area contributed by atoms with E-state index in [0.717, 1.165) is 12.2 Å². The molecule has 3 rings (SSSR count). The second-order valence-corrected chi connectivity index (χ2v) is 7.98. The van der Waals surface area contributed by atoms with Gasteiger partial charge >= 0.3 is 0 Å². The molecule has 3 aromatic rings. The zero-order chi connectivity index (χ0) is 19.8. The number of nitrogens with one attached hydrogen (secondary N) is 1. The van der Waals surface area contributed by atoms with E-state index in [1.807, 2.05) is 25.1 Å². The first-order valence-electron chi connectivity index (χ1n) is 8.74. The van der Waals surface area contributed by atoms with E-state index in [0.29, 0.717) is 27.2 Å². The third kappa shape index (κ3) is 5.64. The third-order valence-electron chi connectivity index (χ3n) is 3.64. The van der Waals surface area contributed by atoms with Crippen LogP contribution in [0.4, 0.5) is 5.13 Å². The largest absolute Gasteiger partial charge is 0.494 e. The van der Waals surface area contributed by atoms with Gasteiger partial charge < -0.3 is 4.74 Å². The van der Waals surface area contributed by atoms with E-state index >= 15 is 0 Å². The van der Waals surface area contributed by atoms with Gasteiger partial charge in [0.15, 0.2) is 10.1 Å². The number of Topliss-reactive ketones (excluding diaryl/α,β-unsaturated/α-hetero) is 1. The Morgan fingerprint density at radius 1 is 1.04 bits per heavy atom. The molecule has 0 unspecified atom stereocenters. The fourth-order valence-corrected chi connectivity index (χ4v) is 3.89. The Morgan fingerprint density at radius 2 is 1.79 bits per heavy atom. The summed E-state index contributed by atoms with van der Waals surface area (Å²) in [5.41, 5.74) is 1.17. The molecule has 1 amide bonds. The van der Waals surface area contributed by atoms with E-state index < -0.39 is 0 Å². The van der Waals surface area contributed by atoms with Crippen molar-refractivity contribution < 1.29 is 14.3 Å². The molecule has 0 bridgehead atoms. The van der Waals surface area contributed by atoms with Gasteiger partial charge in [0.2, 0.25) is 5.13 Å². The van der Waals surface area contributed by atoms with Gasteiger partial charge in [-0.2, -0.15) is 0 Å². The standard InChI is InChI=1S/C20H19N3O3S2/c1-2-12-26-16-10-8-15(9-11-16)18(25)21-19-22-23-20(28-19)27-13-17(24)14-6-4-3-5-7-14/h3-11H,2,12-13H2,1H3,(H,21,22,25). The first-order valence-corrected chi connectivity index (χ1v) is 10.5. The van der Waals surface area contributed by atoms with Gasteiger partial charge in [-0.25, -0.2) is 0 Å². The number of nitrogens with zero attached hydrogens (tertiary/aromatic N) is 2. The summed E-state index contributed by atoms with van der Waals surface area (Å²) in [5, 5.41) is 11.1.